The van der Waals surface area contributed by atoms with Gasteiger partial charge >= 0.3 is 6.18 Å². The molecule has 1 aliphatic rings. The van der Waals surface area contributed by atoms with Crippen LogP contribution in [0, 0.1) is 5.41 Å². The van der Waals surface area contributed by atoms with Crippen molar-refractivity contribution in [1.29, 1.82) is 5.41 Å². The molecule has 0 spiro atoms. The van der Waals surface area contributed by atoms with Gasteiger partial charge in [-0.1, -0.05) is 12.1 Å². The summed E-state index contributed by atoms with van der Waals surface area (Å²) in [6.45, 7) is 0. The van der Waals surface area contributed by atoms with Gasteiger partial charge in [-0.15, -0.1) is 11.3 Å². The van der Waals surface area contributed by atoms with E-state index in [9.17, 15) is 22.8 Å². The number of thiophene rings is 1. The van der Waals surface area contributed by atoms with E-state index < -0.39 is 23.6 Å². The van der Waals surface area contributed by atoms with Crippen molar-refractivity contribution < 1.29 is 22.8 Å². The molecule has 3 rings (SSSR count). The van der Waals surface area contributed by atoms with Crippen LogP contribution in [-0.4, -0.2) is 17.5 Å². The number of hydrogen-bond acceptors (Lipinski definition) is 4. The van der Waals surface area contributed by atoms with Gasteiger partial charge in [0.05, 0.1) is 16.0 Å². The van der Waals surface area contributed by atoms with Crippen LogP contribution in [0.5, 0.6) is 0 Å². The molecule has 2 aromatic rings. The molecular weight excluding hydrogens is 317 g/mol. The van der Waals surface area contributed by atoms with Gasteiger partial charge in [0, 0.05) is 4.88 Å². The number of rotatable bonds is 1. The highest BCUT2D eigenvalue weighted by atomic mass is 32.1. The van der Waals surface area contributed by atoms with Gasteiger partial charge in [0.25, 0.3) is 11.8 Å². The molecule has 0 atom stereocenters. The Morgan fingerprint density at radius 2 is 1.68 bits per heavy atom. The molecule has 1 aromatic heterocycles. The fourth-order valence-electron chi connectivity index (χ4n) is 2.05. The van der Waals surface area contributed by atoms with Crippen molar-refractivity contribution >= 4 is 28.9 Å². The monoisotopic (exact) mass is 324 g/mol. The molecule has 2 N–H and O–H groups in total. The van der Waals surface area contributed by atoms with E-state index in [1.807, 2.05) is 5.32 Å². The van der Waals surface area contributed by atoms with Crippen molar-refractivity contribution in [3.63, 3.8) is 0 Å². The van der Waals surface area contributed by atoms with Crippen molar-refractivity contribution in [3.8, 4) is 10.4 Å². The van der Waals surface area contributed by atoms with Crippen LogP contribution in [0.15, 0.2) is 30.3 Å². The zero-order valence-electron chi connectivity index (χ0n) is 10.7. The van der Waals surface area contributed by atoms with E-state index in [0.29, 0.717) is 10.4 Å². The molecule has 22 heavy (non-hydrogen) atoms. The van der Waals surface area contributed by atoms with Crippen molar-refractivity contribution in [2.75, 3.05) is 0 Å². The molecule has 1 aromatic carbocycles. The number of fused-ring (bicyclic) bond motifs is 1. The molecule has 2 amide bonds. The molecule has 0 saturated heterocycles. The van der Waals surface area contributed by atoms with Gasteiger partial charge < -0.3 is 0 Å². The highest BCUT2D eigenvalue weighted by Crippen LogP contribution is 2.35. The molecule has 112 valence electrons. The summed E-state index contributed by atoms with van der Waals surface area (Å²) in [4.78, 5) is 23.8. The van der Waals surface area contributed by atoms with Crippen LogP contribution >= 0.6 is 11.3 Å². The Kier molecular flexibility index (Phi) is 3.13. The van der Waals surface area contributed by atoms with Gasteiger partial charge in [-0.3, -0.25) is 20.3 Å². The van der Waals surface area contributed by atoms with Crippen LogP contribution in [0.4, 0.5) is 13.2 Å². The predicted octanol–water partition coefficient (Wildman–Crippen LogP) is 3.07. The van der Waals surface area contributed by atoms with E-state index in [2.05, 4.69) is 0 Å². The number of benzene rings is 1. The van der Waals surface area contributed by atoms with Crippen molar-refractivity contribution in [1.82, 2.24) is 5.32 Å². The molecule has 0 radical (unpaired) electrons. The summed E-state index contributed by atoms with van der Waals surface area (Å²) in [5.41, 5.74) is -0.416. The van der Waals surface area contributed by atoms with E-state index in [1.54, 1.807) is 0 Å². The Morgan fingerprint density at radius 1 is 1.05 bits per heavy atom. The number of carbonyl (C=O) groups is 2. The Balaban J connectivity index is 2.02. The summed E-state index contributed by atoms with van der Waals surface area (Å²) in [6, 6.07) is 5.96. The van der Waals surface area contributed by atoms with Gasteiger partial charge in [-0.2, -0.15) is 13.2 Å². The number of halogens is 3. The number of imide groups is 1. The smallest absolute Gasteiger partial charge is 0.294 e. The molecule has 2 heterocycles. The van der Waals surface area contributed by atoms with Crippen LogP contribution < -0.4 is 5.32 Å². The normalized spacial score (nSPS) is 14.8. The molecule has 8 heteroatoms. The van der Waals surface area contributed by atoms with Crippen molar-refractivity contribution in [3.05, 3.63) is 46.3 Å². The maximum atomic E-state index is 12.5. The molecule has 0 saturated carbocycles. The lowest BCUT2D eigenvalue weighted by molar-refractivity contribution is -0.137. The number of amides is 2. The first kappa shape index (κ1) is 14.5. The Morgan fingerprint density at radius 3 is 2.27 bits per heavy atom. The summed E-state index contributed by atoms with van der Waals surface area (Å²) in [7, 11) is 0. The number of hydrogen-bond donors (Lipinski definition) is 2. The zero-order chi connectivity index (χ0) is 16.1. The van der Waals surface area contributed by atoms with E-state index in [-0.39, 0.29) is 16.2 Å². The SMILES string of the molecule is N=C1C(=O)NC(=O)c2cc(-c3ccc(C(F)(F)F)cc3)sc21. The first-order chi connectivity index (χ1) is 10.3. The standard InChI is InChI=1S/C14H7F3N2O2S/c15-14(16,17)7-3-1-6(2-4-7)9-5-8-11(22-9)10(18)13(21)19-12(8)20/h1-5,18H,(H,19,20,21). The first-order valence-corrected chi connectivity index (χ1v) is 6.85. The van der Waals surface area contributed by atoms with E-state index in [0.717, 1.165) is 23.5 Å². The van der Waals surface area contributed by atoms with Gasteiger partial charge in [-0.05, 0) is 23.8 Å². The van der Waals surface area contributed by atoms with E-state index >= 15 is 0 Å². The third kappa shape index (κ3) is 2.31. The number of carbonyl (C=O) groups excluding carboxylic acids is 2. The third-order valence-electron chi connectivity index (χ3n) is 3.15. The summed E-state index contributed by atoms with van der Waals surface area (Å²) in [5, 5.41) is 9.69. The molecule has 0 bridgehead atoms. The van der Waals surface area contributed by atoms with Gasteiger partial charge in [0.2, 0.25) is 0 Å². The topological polar surface area (TPSA) is 70.0 Å². The minimum absolute atomic E-state index is 0.185. The highest BCUT2D eigenvalue weighted by molar-refractivity contribution is 7.18. The quantitative estimate of drug-likeness (QED) is 0.792. The number of nitrogens with one attached hydrogen (secondary N) is 2. The zero-order valence-corrected chi connectivity index (χ0v) is 11.6. The predicted molar refractivity (Wildman–Crippen MR) is 74.1 cm³/mol. The Hall–Kier alpha value is -2.48. The highest BCUT2D eigenvalue weighted by Gasteiger charge is 2.31. The summed E-state index contributed by atoms with van der Waals surface area (Å²) in [5.74, 6) is -1.39. The lowest BCUT2D eigenvalue weighted by Gasteiger charge is -2.10. The number of alkyl halides is 3. The largest absolute Gasteiger partial charge is 0.416 e. The Labute approximate surface area is 126 Å². The first-order valence-electron chi connectivity index (χ1n) is 6.03. The van der Waals surface area contributed by atoms with E-state index in [4.69, 9.17) is 5.41 Å². The summed E-state index contributed by atoms with van der Waals surface area (Å²) < 4.78 is 37.6. The van der Waals surface area contributed by atoms with Crippen molar-refractivity contribution in [2.24, 2.45) is 0 Å². The average molecular weight is 324 g/mol. The maximum absolute atomic E-state index is 12.5. The van der Waals surface area contributed by atoms with Crippen LogP contribution in [-0.2, 0) is 11.0 Å². The van der Waals surface area contributed by atoms with E-state index in [1.165, 1.54) is 18.2 Å². The van der Waals surface area contributed by atoms with Crippen LogP contribution in [0.1, 0.15) is 20.8 Å². The Bertz CT molecular complexity index is 806. The van der Waals surface area contributed by atoms with Crippen molar-refractivity contribution in [2.45, 2.75) is 6.18 Å². The molecule has 4 nitrogen and oxygen atoms in total. The minimum Gasteiger partial charge on any atom is -0.294 e. The second-order valence-corrected chi connectivity index (χ2v) is 5.64. The second-order valence-electron chi connectivity index (χ2n) is 4.59. The molecule has 0 aliphatic carbocycles. The maximum Gasteiger partial charge on any atom is 0.416 e. The fourth-order valence-corrected chi connectivity index (χ4v) is 3.15. The molecule has 0 fully saturated rings. The van der Waals surface area contributed by atoms with Gasteiger partial charge in [0.15, 0.2) is 0 Å². The second kappa shape index (κ2) is 4.77. The molecular formula is C14H7F3N2O2S. The lowest BCUT2D eigenvalue weighted by Crippen LogP contribution is -2.41. The molecule has 0 unspecified atom stereocenters. The lowest BCUT2D eigenvalue weighted by atomic mass is 10.1. The van der Waals surface area contributed by atoms with Gasteiger partial charge in [0.1, 0.15) is 5.71 Å². The van der Waals surface area contributed by atoms with Crippen LogP contribution in [0.2, 0.25) is 0 Å². The third-order valence-corrected chi connectivity index (χ3v) is 4.36. The summed E-state index contributed by atoms with van der Waals surface area (Å²) in [6.07, 6.45) is -4.42. The average Bonchev–Trinajstić information content (AvgIpc) is 2.90. The van der Waals surface area contributed by atoms with Crippen LogP contribution in [0.25, 0.3) is 10.4 Å². The van der Waals surface area contributed by atoms with Gasteiger partial charge in [-0.25, -0.2) is 0 Å². The molecule has 1 aliphatic heterocycles. The fraction of sp³-hybridized carbons (Fsp3) is 0.0714. The van der Waals surface area contributed by atoms with Crippen LogP contribution in [0.3, 0.4) is 0 Å². The minimum atomic E-state index is -4.42. The summed E-state index contributed by atoms with van der Waals surface area (Å²) >= 11 is 1.03.